The summed E-state index contributed by atoms with van der Waals surface area (Å²) in [5.41, 5.74) is 2.07. The van der Waals surface area contributed by atoms with Crippen molar-refractivity contribution in [1.29, 1.82) is 0 Å². The molecule has 1 aromatic heterocycles. The van der Waals surface area contributed by atoms with E-state index in [-0.39, 0.29) is 0 Å². The number of benzene rings is 2. The lowest BCUT2D eigenvalue weighted by molar-refractivity contribution is 0.410. The zero-order chi connectivity index (χ0) is 19.1. The molecule has 0 saturated carbocycles. The first kappa shape index (κ1) is 18.5. The molecule has 0 amide bonds. The quantitative estimate of drug-likeness (QED) is 0.624. The number of hydrogen-bond donors (Lipinski definition) is 2. The lowest BCUT2D eigenvalue weighted by Gasteiger charge is -2.12. The molecule has 1 heterocycles. The standard InChI is InChI=1S/C21H24N4O2/c1-15-23-20(22-12-11-16-7-4-5-10-19(16)27-3)14-21(24-15)25-17-8-6-9-18(13-17)26-2/h4-10,13-14H,11-12H2,1-3H3,(H2,22,23,24,25). The fourth-order valence-electron chi connectivity index (χ4n) is 2.81. The molecule has 3 aromatic rings. The highest BCUT2D eigenvalue weighted by Crippen LogP contribution is 2.22. The second-order valence-electron chi connectivity index (χ2n) is 6.03. The van der Waals surface area contributed by atoms with E-state index >= 15 is 0 Å². The van der Waals surface area contributed by atoms with E-state index < -0.39 is 0 Å². The van der Waals surface area contributed by atoms with Gasteiger partial charge in [0.2, 0.25) is 0 Å². The molecular weight excluding hydrogens is 340 g/mol. The summed E-state index contributed by atoms with van der Waals surface area (Å²) in [7, 11) is 3.34. The van der Waals surface area contributed by atoms with Gasteiger partial charge >= 0.3 is 0 Å². The van der Waals surface area contributed by atoms with Crippen LogP contribution in [0.4, 0.5) is 17.3 Å². The molecule has 0 spiro atoms. The highest BCUT2D eigenvalue weighted by molar-refractivity contribution is 5.60. The van der Waals surface area contributed by atoms with Crippen molar-refractivity contribution in [3.05, 3.63) is 66.0 Å². The second-order valence-corrected chi connectivity index (χ2v) is 6.03. The maximum Gasteiger partial charge on any atom is 0.136 e. The number of aryl methyl sites for hydroxylation is 1. The van der Waals surface area contributed by atoms with Gasteiger partial charge in [-0.2, -0.15) is 0 Å². The Morgan fingerprint density at radius 2 is 1.70 bits per heavy atom. The Hall–Kier alpha value is -3.28. The third-order valence-electron chi connectivity index (χ3n) is 4.07. The number of para-hydroxylation sites is 1. The highest BCUT2D eigenvalue weighted by atomic mass is 16.5. The van der Waals surface area contributed by atoms with Crippen LogP contribution < -0.4 is 20.1 Å². The zero-order valence-electron chi connectivity index (χ0n) is 15.8. The molecule has 2 aromatic carbocycles. The average Bonchev–Trinajstić information content (AvgIpc) is 2.68. The molecule has 0 unspecified atom stereocenters. The Labute approximate surface area is 159 Å². The van der Waals surface area contributed by atoms with Gasteiger partial charge in [0, 0.05) is 24.4 Å². The number of aromatic nitrogens is 2. The van der Waals surface area contributed by atoms with Crippen molar-refractivity contribution in [1.82, 2.24) is 9.97 Å². The fraction of sp³-hybridized carbons (Fsp3) is 0.238. The van der Waals surface area contributed by atoms with E-state index in [0.29, 0.717) is 5.82 Å². The monoisotopic (exact) mass is 364 g/mol. The van der Waals surface area contributed by atoms with E-state index in [2.05, 4.69) is 26.7 Å². The van der Waals surface area contributed by atoms with Gasteiger partial charge in [0.15, 0.2) is 0 Å². The van der Waals surface area contributed by atoms with Gasteiger partial charge in [-0.25, -0.2) is 9.97 Å². The number of methoxy groups -OCH3 is 2. The highest BCUT2D eigenvalue weighted by Gasteiger charge is 2.05. The number of rotatable bonds is 8. The van der Waals surface area contributed by atoms with Crippen molar-refractivity contribution < 1.29 is 9.47 Å². The van der Waals surface area contributed by atoms with Crippen molar-refractivity contribution in [3.8, 4) is 11.5 Å². The van der Waals surface area contributed by atoms with Crippen LogP contribution in [0.25, 0.3) is 0 Å². The normalized spacial score (nSPS) is 10.3. The van der Waals surface area contributed by atoms with Crippen molar-refractivity contribution in [2.45, 2.75) is 13.3 Å². The van der Waals surface area contributed by atoms with Gasteiger partial charge in [0.25, 0.3) is 0 Å². The summed E-state index contributed by atoms with van der Waals surface area (Å²) < 4.78 is 10.7. The van der Waals surface area contributed by atoms with Crippen LogP contribution in [0, 0.1) is 6.92 Å². The van der Waals surface area contributed by atoms with Crippen LogP contribution in [0.1, 0.15) is 11.4 Å². The summed E-state index contributed by atoms with van der Waals surface area (Å²) >= 11 is 0. The lowest BCUT2D eigenvalue weighted by atomic mass is 10.1. The maximum atomic E-state index is 5.40. The van der Waals surface area contributed by atoms with Crippen LogP contribution >= 0.6 is 0 Å². The van der Waals surface area contributed by atoms with Gasteiger partial charge in [-0.15, -0.1) is 0 Å². The summed E-state index contributed by atoms with van der Waals surface area (Å²) in [5.74, 6) is 3.90. The molecule has 6 nitrogen and oxygen atoms in total. The number of nitrogens with one attached hydrogen (secondary N) is 2. The Morgan fingerprint density at radius 3 is 2.52 bits per heavy atom. The first-order chi connectivity index (χ1) is 13.2. The molecule has 3 rings (SSSR count). The zero-order valence-corrected chi connectivity index (χ0v) is 15.8. The lowest BCUT2D eigenvalue weighted by Crippen LogP contribution is -2.09. The van der Waals surface area contributed by atoms with E-state index in [1.807, 2.05) is 55.5 Å². The molecule has 0 aliphatic heterocycles. The van der Waals surface area contributed by atoms with Crippen molar-refractivity contribution in [2.75, 3.05) is 31.4 Å². The largest absolute Gasteiger partial charge is 0.497 e. The Bertz CT molecular complexity index is 899. The Balaban J connectivity index is 1.66. The maximum absolute atomic E-state index is 5.40. The summed E-state index contributed by atoms with van der Waals surface area (Å²) in [6.07, 6.45) is 0.839. The van der Waals surface area contributed by atoms with Crippen LogP contribution in [0.15, 0.2) is 54.6 Å². The van der Waals surface area contributed by atoms with Gasteiger partial charge in [-0.3, -0.25) is 0 Å². The van der Waals surface area contributed by atoms with Crippen molar-refractivity contribution >= 4 is 17.3 Å². The van der Waals surface area contributed by atoms with Gasteiger partial charge in [-0.05, 0) is 37.1 Å². The van der Waals surface area contributed by atoms with Gasteiger partial charge in [0.1, 0.15) is 29.0 Å². The minimum absolute atomic E-state index is 0.697. The smallest absolute Gasteiger partial charge is 0.136 e. The Kier molecular flexibility index (Phi) is 6.10. The molecule has 27 heavy (non-hydrogen) atoms. The van der Waals surface area contributed by atoms with Gasteiger partial charge < -0.3 is 20.1 Å². The first-order valence-electron chi connectivity index (χ1n) is 8.80. The van der Waals surface area contributed by atoms with E-state index in [4.69, 9.17) is 9.47 Å². The van der Waals surface area contributed by atoms with Crippen LogP contribution in [0.3, 0.4) is 0 Å². The molecule has 0 aliphatic carbocycles. The second kappa shape index (κ2) is 8.89. The molecule has 140 valence electrons. The minimum Gasteiger partial charge on any atom is -0.497 e. The third kappa shape index (κ3) is 5.10. The number of nitrogens with zero attached hydrogens (tertiary/aromatic N) is 2. The van der Waals surface area contributed by atoms with Crippen LogP contribution in [0.2, 0.25) is 0 Å². The van der Waals surface area contributed by atoms with Crippen molar-refractivity contribution in [2.24, 2.45) is 0 Å². The number of anilines is 3. The predicted molar refractivity (Wildman–Crippen MR) is 108 cm³/mol. The fourth-order valence-corrected chi connectivity index (χ4v) is 2.81. The van der Waals surface area contributed by atoms with Gasteiger partial charge in [0.05, 0.1) is 14.2 Å². The number of hydrogen-bond acceptors (Lipinski definition) is 6. The first-order valence-corrected chi connectivity index (χ1v) is 8.80. The summed E-state index contributed by atoms with van der Waals surface area (Å²) in [5, 5.41) is 6.66. The molecule has 0 atom stereocenters. The molecular formula is C21H24N4O2. The molecule has 2 N–H and O–H groups in total. The third-order valence-corrected chi connectivity index (χ3v) is 4.07. The SMILES string of the molecule is COc1cccc(Nc2cc(NCCc3ccccc3OC)nc(C)n2)c1. The molecule has 0 radical (unpaired) electrons. The molecule has 0 fully saturated rings. The number of ether oxygens (including phenoxy) is 2. The topological polar surface area (TPSA) is 68.3 Å². The van der Waals surface area contributed by atoms with E-state index in [9.17, 15) is 0 Å². The van der Waals surface area contributed by atoms with E-state index in [0.717, 1.165) is 47.4 Å². The average molecular weight is 364 g/mol. The van der Waals surface area contributed by atoms with E-state index in [1.54, 1.807) is 14.2 Å². The van der Waals surface area contributed by atoms with Crippen LogP contribution in [-0.4, -0.2) is 30.7 Å². The van der Waals surface area contributed by atoms with E-state index in [1.165, 1.54) is 0 Å². The summed E-state index contributed by atoms with van der Waals surface area (Å²) in [6, 6.07) is 17.7. The van der Waals surface area contributed by atoms with Crippen LogP contribution in [-0.2, 0) is 6.42 Å². The summed E-state index contributed by atoms with van der Waals surface area (Å²) in [6.45, 7) is 2.62. The van der Waals surface area contributed by atoms with Gasteiger partial charge in [-0.1, -0.05) is 24.3 Å². The molecule has 0 aliphatic rings. The minimum atomic E-state index is 0.697. The summed E-state index contributed by atoms with van der Waals surface area (Å²) in [4.78, 5) is 8.92. The van der Waals surface area contributed by atoms with Crippen molar-refractivity contribution in [3.63, 3.8) is 0 Å². The molecule has 0 bridgehead atoms. The van der Waals surface area contributed by atoms with Crippen LogP contribution in [0.5, 0.6) is 11.5 Å². The molecule has 0 saturated heterocycles. The predicted octanol–water partition coefficient (Wildman–Crippen LogP) is 4.20. The Morgan fingerprint density at radius 1 is 0.889 bits per heavy atom. The molecule has 6 heteroatoms.